The fraction of sp³-hybridized carbons (Fsp3) is 0.190. The van der Waals surface area contributed by atoms with Crippen LogP contribution in [0.15, 0.2) is 42.5 Å². The van der Waals surface area contributed by atoms with Crippen LogP contribution >= 0.6 is 11.6 Å². The molecule has 1 aliphatic rings. The van der Waals surface area contributed by atoms with Crippen LogP contribution in [-0.2, 0) is 0 Å². The van der Waals surface area contributed by atoms with E-state index in [0.717, 1.165) is 0 Å². The van der Waals surface area contributed by atoms with Crippen LogP contribution in [0.25, 0.3) is 11.3 Å². The molecule has 8 heteroatoms. The molecule has 1 aromatic heterocycles. The van der Waals surface area contributed by atoms with Crippen molar-refractivity contribution >= 4 is 17.5 Å². The van der Waals surface area contributed by atoms with Gasteiger partial charge in [0.25, 0.3) is 0 Å². The third kappa shape index (κ3) is 3.18. The number of aromatic nitrogens is 2. The number of fused-ring (bicyclic) bond motifs is 1. The van der Waals surface area contributed by atoms with Crippen molar-refractivity contribution < 1.29 is 14.6 Å². The molecule has 0 radical (unpaired) electrons. The number of hydrogen-bond acceptors (Lipinski definition) is 6. The van der Waals surface area contributed by atoms with Crippen molar-refractivity contribution in [3.63, 3.8) is 0 Å². The van der Waals surface area contributed by atoms with E-state index in [9.17, 15) is 10.4 Å². The number of nitrogens with zero attached hydrogens (tertiary/aromatic N) is 2. The van der Waals surface area contributed by atoms with Crippen molar-refractivity contribution in [3.05, 3.63) is 58.6 Å². The molecule has 0 saturated carbocycles. The Bertz CT molecular complexity index is 1140. The van der Waals surface area contributed by atoms with Gasteiger partial charge in [-0.2, -0.15) is 5.26 Å². The van der Waals surface area contributed by atoms with Gasteiger partial charge in [-0.25, -0.2) is 0 Å². The molecule has 29 heavy (non-hydrogen) atoms. The highest BCUT2D eigenvalue weighted by atomic mass is 35.5. The van der Waals surface area contributed by atoms with E-state index in [-0.39, 0.29) is 17.5 Å². The van der Waals surface area contributed by atoms with E-state index in [1.54, 1.807) is 18.2 Å². The third-order valence-electron chi connectivity index (χ3n) is 4.83. The molecule has 2 heterocycles. The van der Waals surface area contributed by atoms with Crippen LogP contribution in [0, 0.1) is 22.7 Å². The highest BCUT2D eigenvalue weighted by Crippen LogP contribution is 2.47. The minimum atomic E-state index is -0.875. The predicted octanol–water partition coefficient (Wildman–Crippen LogP) is 4.48. The zero-order valence-corrected chi connectivity index (χ0v) is 16.2. The second-order valence-electron chi connectivity index (χ2n) is 6.51. The van der Waals surface area contributed by atoms with Crippen molar-refractivity contribution in [3.8, 4) is 34.7 Å². The first kappa shape index (κ1) is 18.8. The number of hydrogen-bond donors (Lipinski definition) is 3. The first-order chi connectivity index (χ1) is 14.0. The first-order valence-electron chi connectivity index (χ1n) is 8.99. The smallest absolute Gasteiger partial charge is 0.244 e. The van der Waals surface area contributed by atoms with Crippen LogP contribution in [-0.4, -0.2) is 27.8 Å². The number of aromatic hydroxyl groups is 1. The fourth-order valence-corrected chi connectivity index (χ4v) is 3.77. The van der Waals surface area contributed by atoms with Crippen LogP contribution in [0.2, 0.25) is 5.02 Å². The molecule has 3 N–H and O–H groups in total. The Kier molecular flexibility index (Phi) is 4.87. The summed E-state index contributed by atoms with van der Waals surface area (Å²) in [4.78, 5) is 0. The Morgan fingerprint density at radius 1 is 1.34 bits per heavy atom. The molecule has 0 bridgehead atoms. The second-order valence-corrected chi connectivity index (χ2v) is 6.92. The molecule has 146 valence electrons. The largest absolute Gasteiger partial charge is 0.504 e. The number of H-pyrrole nitrogens is 1. The number of benzene rings is 2. The van der Waals surface area contributed by atoms with Gasteiger partial charge in [0.05, 0.1) is 23.9 Å². The summed E-state index contributed by atoms with van der Waals surface area (Å²) >= 11 is 6.39. The van der Waals surface area contributed by atoms with E-state index in [0.29, 0.717) is 39.8 Å². The summed E-state index contributed by atoms with van der Waals surface area (Å²) in [6.45, 7) is 2.20. The number of ether oxygens (including phenoxy) is 2. The molecule has 2 atom stereocenters. The van der Waals surface area contributed by atoms with Gasteiger partial charge in [0.15, 0.2) is 11.5 Å². The Morgan fingerprint density at radius 3 is 2.86 bits per heavy atom. The summed E-state index contributed by atoms with van der Waals surface area (Å²) in [6, 6.07) is 14.4. The lowest BCUT2D eigenvalue weighted by molar-refractivity contribution is 0.317. The van der Waals surface area contributed by atoms with E-state index in [2.05, 4.69) is 16.3 Å². The van der Waals surface area contributed by atoms with Gasteiger partial charge in [-0.15, -0.1) is 5.10 Å². The quantitative estimate of drug-likeness (QED) is 0.588. The van der Waals surface area contributed by atoms with E-state index >= 15 is 0 Å². The number of rotatable bonds is 4. The number of nitriles is 1. The molecule has 0 spiro atoms. The lowest BCUT2D eigenvalue weighted by Crippen LogP contribution is -2.30. The highest BCUT2D eigenvalue weighted by Gasteiger charge is 2.41. The van der Waals surface area contributed by atoms with E-state index in [1.165, 1.54) is 6.07 Å². The summed E-state index contributed by atoms with van der Waals surface area (Å²) < 4.78 is 11.0. The molecule has 0 saturated heterocycles. The average molecular weight is 409 g/mol. The summed E-state index contributed by atoms with van der Waals surface area (Å²) in [5.41, 5.74) is 2.66. The molecule has 0 fully saturated rings. The van der Waals surface area contributed by atoms with Crippen molar-refractivity contribution in [1.29, 1.82) is 10.7 Å². The van der Waals surface area contributed by atoms with Crippen molar-refractivity contribution in [2.45, 2.75) is 12.8 Å². The molecule has 4 rings (SSSR count). The maximum absolute atomic E-state index is 10.1. The summed E-state index contributed by atoms with van der Waals surface area (Å²) in [5.74, 6) is -1.07. The number of phenolic OH excluding ortho intramolecular Hbond substituents is 1. The minimum Gasteiger partial charge on any atom is -0.504 e. The molecule has 0 amide bonds. The Labute approximate surface area is 172 Å². The Balaban J connectivity index is 1.94. The molecule has 7 nitrogen and oxygen atoms in total. The average Bonchev–Trinajstić information content (AvgIpc) is 3.12. The molecular weight excluding hydrogens is 392 g/mol. The summed E-state index contributed by atoms with van der Waals surface area (Å²) in [7, 11) is 0. The standard InChI is InChI=1S/C21H17ClN4O3/c1-2-28-16-9-11(7-8-15(16)27)17-13(10-23)20(24)29-21-18(17)19(25-26-21)12-5-3-4-6-14(12)22/h3-9,13,17,24,27H,2H2,1H3,(H,25,26). The van der Waals surface area contributed by atoms with Gasteiger partial charge >= 0.3 is 0 Å². The van der Waals surface area contributed by atoms with Gasteiger partial charge in [0.1, 0.15) is 5.92 Å². The van der Waals surface area contributed by atoms with Gasteiger partial charge in [0, 0.05) is 16.5 Å². The van der Waals surface area contributed by atoms with Crippen LogP contribution < -0.4 is 9.47 Å². The second kappa shape index (κ2) is 7.49. The lowest BCUT2D eigenvalue weighted by Gasteiger charge is -2.28. The molecule has 2 aromatic carbocycles. The highest BCUT2D eigenvalue weighted by molar-refractivity contribution is 6.33. The van der Waals surface area contributed by atoms with E-state index in [4.69, 9.17) is 26.5 Å². The zero-order chi connectivity index (χ0) is 20.5. The topological polar surface area (TPSA) is 115 Å². The maximum Gasteiger partial charge on any atom is 0.244 e. The zero-order valence-electron chi connectivity index (χ0n) is 15.4. The summed E-state index contributed by atoms with van der Waals surface area (Å²) in [6.07, 6.45) is 0. The van der Waals surface area contributed by atoms with Crippen LogP contribution in [0.3, 0.4) is 0 Å². The van der Waals surface area contributed by atoms with Gasteiger partial charge in [0.2, 0.25) is 11.8 Å². The van der Waals surface area contributed by atoms with Crippen LogP contribution in [0.1, 0.15) is 24.0 Å². The third-order valence-corrected chi connectivity index (χ3v) is 5.16. The maximum atomic E-state index is 10.1. The van der Waals surface area contributed by atoms with Gasteiger partial charge < -0.3 is 14.6 Å². The minimum absolute atomic E-state index is 0.00462. The normalized spacial score (nSPS) is 17.9. The fourth-order valence-electron chi connectivity index (χ4n) is 3.54. The van der Waals surface area contributed by atoms with Crippen molar-refractivity contribution in [2.75, 3.05) is 6.61 Å². The molecule has 0 aliphatic carbocycles. The van der Waals surface area contributed by atoms with E-state index < -0.39 is 11.8 Å². The van der Waals surface area contributed by atoms with Crippen LogP contribution in [0.5, 0.6) is 17.4 Å². The van der Waals surface area contributed by atoms with Crippen LogP contribution in [0.4, 0.5) is 0 Å². The lowest BCUT2D eigenvalue weighted by atomic mass is 9.78. The van der Waals surface area contributed by atoms with Gasteiger partial charge in [-0.1, -0.05) is 35.9 Å². The monoisotopic (exact) mass is 408 g/mol. The number of nitrogens with one attached hydrogen (secondary N) is 2. The SMILES string of the molecule is CCOc1cc(C2c3c(n[nH]c3-c3ccccc3Cl)OC(=N)C2C#N)ccc1O. The molecule has 2 unspecified atom stereocenters. The molecular formula is C21H17ClN4O3. The van der Waals surface area contributed by atoms with Crippen molar-refractivity contribution in [1.82, 2.24) is 10.2 Å². The molecule has 3 aromatic rings. The molecule has 1 aliphatic heterocycles. The predicted molar refractivity (Wildman–Crippen MR) is 108 cm³/mol. The number of phenols is 1. The number of halogens is 1. The van der Waals surface area contributed by atoms with Crippen molar-refractivity contribution in [2.24, 2.45) is 5.92 Å². The van der Waals surface area contributed by atoms with Gasteiger partial charge in [-0.3, -0.25) is 10.5 Å². The number of aromatic amines is 1. The Morgan fingerprint density at radius 2 is 2.14 bits per heavy atom. The van der Waals surface area contributed by atoms with Gasteiger partial charge in [-0.05, 0) is 30.7 Å². The summed E-state index contributed by atoms with van der Waals surface area (Å²) in [5, 5.41) is 35.7. The van der Waals surface area contributed by atoms with E-state index in [1.807, 2.05) is 25.1 Å². The Hall–Kier alpha value is -3.50. The first-order valence-corrected chi connectivity index (χ1v) is 9.37.